The van der Waals surface area contributed by atoms with Gasteiger partial charge in [-0.2, -0.15) is 0 Å². The highest BCUT2D eigenvalue weighted by molar-refractivity contribution is 5.80. The standard InChI is InChI=1S/C32H50N8O7/c1-32(2,3)47-31(44)40-20-18-39(19-21-40)30(43)46-25-11-6-9-24(10-7-12-25)45-29(42)38-16-14-37(15-17-38)28(41)35-22-23-8-4-5-13-26(23)36-27(33)34/h4-5,8,13,24-25H,6-7,9-12,14-22H2,1-3H3,(H,35,41)(H4,33,34,36). The Bertz CT molecular complexity index is 1260. The Morgan fingerprint density at radius 2 is 1.19 bits per heavy atom. The van der Waals surface area contributed by atoms with Crippen molar-refractivity contribution in [2.24, 2.45) is 16.5 Å². The maximum absolute atomic E-state index is 12.9. The van der Waals surface area contributed by atoms with Crippen LogP contribution < -0.4 is 16.8 Å². The van der Waals surface area contributed by atoms with Crippen molar-refractivity contribution in [2.45, 2.75) is 83.6 Å². The second-order valence-corrected chi connectivity index (χ2v) is 13.1. The third-order valence-electron chi connectivity index (χ3n) is 8.33. The molecule has 0 atom stereocenters. The Balaban J connectivity index is 1.12. The van der Waals surface area contributed by atoms with Gasteiger partial charge in [-0.05, 0) is 70.9 Å². The van der Waals surface area contributed by atoms with E-state index in [-0.39, 0.29) is 49.0 Å². The van der Waals surface area contributed by atoms with Gasteiger partial charge in [-0.3, -0.25) is 0 Å². The molecule has 2 heterocycles. The number of nitrogens with zero attached hydrogens (tertiary/aromatic N) is 5. The number of para-hydroxylation sites is 1. The van der Waals surface area contributed by atoms with Crippen molar-refractivity contribution in [2.75, 3.05) is 52.4 Å². The molecule has 2 aliphatic heterocycles. The number of carbonyl (C=O) groups excluding carboxylic acids is 4. The van der Waals surface area contributed by atoms with Gasteiger partial charge in [0.1, 0.15) is 17.8 Å². The zero-order valence-corrected chi connectivity index (χ0v) is 27.8. The number of benzene rings is 1. The van der Waals surface area contributed by atoms with Gasteiger partial charge in [0.25, 0.3) is 0 Å². The minimum Gasteiger partial charge on any atom is -0.446 e. The lowest BCUT2D eigenvalue weighted by Gasteiger charge is -2.36. The van der Waals surface area contributed by atoms with E-state index in [4.69, 9.17) is 25.7 Å². The maximum atomic E-state index is 12.9. The lowest BCUT2D eigenvalue weighted by molar-refractivity contribution is 0.00414. The summed E-state index contributed by atoms with van der Waals surface area (Å²) >= 11 is 0. The number of urea groups is 1. The van der Waals surface area contributed by atoms with Crippen LogP contribution in [0.5, 0.6) is 0 Å². The van der Waals surface area contributed by atoms with Crippen molar-refractivity contribution < 1.29 is 33.4 Å². The summed E-state index contributed by atoms with van der Waals surface area (Å²) in [6.45, 7) is 8.91. The van der Waals surface area contributed by atoms with Gasteiger partial charge in [0.05, 0.1) is 5.69 Å². The molecular weight excluding hydrogens is 608 g/mol. The number of carbonyl (C=O) groups is 4. The summed E-state index contributed by atoms with van der Waals surface area (Å²) in [4.78, 5) is 61.5. The molecule has 4 rings (SSSR count). The van der Waals surface area contributed by atoms with Crippen LogP contribution in [-0.4, -0.2) is 120 Å². The molecule has 260 valence electrons. The van der Waals surface area contributed by atoms with Crippen LogP contribution in [0, 0.1) is 0 Å². The summed E-state index contributed by atoms with van der Waals surface area (Å²) in [5.74, 6) is -0.0547. The average Bonchev–Trinajstić information content (AvgIpc) is 3.01. The Hall–Kier alpha value is -4.43. The van der Waals surface area contributed by atoms with Gasteiger partial charge >= 0.3 is 24.3 Å². The van der Waals surface area contributed by atoms with Crippen LogP contribution in [0.1, 0.15) is 64.9 Å². The third kappa shape index (κ3) is 11.1. The second-order valence-electron chi connectivity index (χ2n) is 13.1. The largest absolute Gasteiger partial charge is 0.446 e. The molecule has 15 nitrogen and oxygen atoms in total. The van der Waals surface area contributed by atoms with Gasteiger partial charge < -0.3 is 50.6 Å². The van der Waals surface area contributed by atoms with Crippen LogP contribution in [-0.2, 0) is 20.8 Å². The first-order chi connectivity index (χ1) is 22.4. The first-order valence-electron chi connectivity index (χ1n) is 16.5. The summed E-state index contributed by atoms with van der Waals surface area (Å²) in [5, 5.41) is 2.90. The van der Waals surface area contributed by atoms with E-state index in [1.807, 2.05) is 39.0 Å². The predicted molar refractivity (Wildman–Crippen MR) is 175 cm³/mol. The monoisotopic (exact) mass is 658 g/mol. The molecule has 0 bridgehead atoms. The molecule has 47 heavy (non-hydrogen) atoms. The third-order valence-corrected chi connectivity index (χ3v) is 8.33. The highest BCUT2D eigenvalue weighted by Crippen LogP contribution is 2.24. The highest BCUT2D eigenvalue weighted by Gasteiger charge is 2.31. The molecule has 2 saturated heterocycles. The SMILES string of the molecule is CC(C)(C)OC(=O)N1CCN(C(=O)OC2CCCC(OC(=O)N3CCN(C(=O)NCc4ccccc4N=C(N)N)CC3)CCC2)CC1. The first kappa shape index (κ1) is 35.4. The average molecular weight is 659 g/mol. The molecule has 5 amide bonds. The van der Waals surface area contributed by atoms with Crippen LogP contribution in [0.4, 0.5) is 24.9 Å². The molecule has 3 aliphatic rings. The zero-order chi connectivity index (χ0) is 34.0. The minimum atomic E-state index is -0.565. The number of aliphatic imine (C=N–C) groups is 1. The van der Waals surface area contributed by atoms with Crippen LogP contribution in [0.25, 0.3) is 0 Å². The first-order valence-corrected chi connectivity index (χ1v) is 16.5. The molecule has 1 aromatic carbocycles. The maximum Gasteiger partial charge on any atom is 0.410 e. The number of hydrogen-bond acceptors (Lipinski definition) is 8. The van der Waals surface area contributed by atoms with Crippen molar-refractivity contribution in [3.8, 4) is 0 Å². The molecule has 0 unspecified atom stereocenters. The molecular formula is C32H50N8O7. The summed E-state index contributed by atoms with van der Waals surface area (Å²) < 4.78 is 17.1. The minimum absolute atomic E-state index is 0.0547. The van der Waals surface area contributed by atoms with Crippen molar-refractivity contribution >= 4 is 36.0 Å². The predicted octanol–water partition coefficient (Wildman–Crippen LogP) is 3.34. The molecule has 1 aromatic rings. The van der Waals surface area contributed by atoms with E-state index in [1.54, 1.807) is 25.7 Å². The Kier molecular flexibility index (Phi) is 12.4. The van der Waals surface area contributed by atoms with Crippen LogP contribution in [0.15, 0.2) is 29.3 Å². The van der Waals surface area contributed by atoms with E-state index in [0.29, 0.717) is 83.7 Å². The number of hydrogen-bond donors (Lipinski definition) is 3. The fraction of sp³-hybridized carbons (Fsp3) is 0.656. The molecule has 1 saturated carbocycles. The molecule has 5 N–H and O–H groups in total. The second kappa shape index (κ2) is 16.4. The smallest absolute Gasteiger partial charge is 0.410 e. The summed E-state index contributed by atoms with van der Waals surface area (Å²) in [6, 6.07) is 7.06. The summed E-state index contributed by atoms with van der Waals surface area (Å²) in [7, 11) is 0. The van der Waals surface area contributed by atoms with E-state index in [1.165, 1.54) is 0 Å². The normalized spacial score (nSPS) is 20.7. The van der Waals surface area contributed by atoms with Gasteiger partial charge in [0, 0.05) is 58.9 Å². The molecule has 3 fully saturated rings. The molecule has 1 aliphatic carbocycles. The molecule has 0 radical (unpaired) electrons. The van der Waals surface area contributed by atoms with Crippen LogP contribution >= 0.6 is 0 Å². The van der Waals surface area contributed by atoms with Crippen molar-refractivity contribution in [1.29, 1.82) is 0 Å². The number of ether oxygens (including phenoxy) is 3. The lowest BCUT2D eigenvalue weighted by atomic mass is 9.96. The fourth-order valence-corrected chi connectivity index (χ4v) is 5.79. The Morgan fingerprint density at radius 3 is 1.66 bits per heavy atom. The number of piperazine rings is 2. The highest BCUT2D eigenvalue weighted by atomic mass is 16.6. The van der Waals surface area contributed by atoms with E-state index >= 15 is 0 Å². The number of nitrogens with two attached hydrogens (primary N) is 2. The molecule has 15 heteroatoms. The Morgan fingerprint density at radius 1 is 0.745 bits per heavy atom. The van der Waals surface area contributed by atoms with E-state index < -0.39 is 5.60 Å². The van der Waals surface area contributed by atoms with Crippen molar-refractivity contribution in [3.63, 3.8) is 0 Å². The summed E-state index contributed by atoms with van der Waals surface area (Å²) in [6.07, 6.45) is 2.83. The van der Waals surface area contributed by atoms with E-state index in [0.717, 1.165) is 18.4 Å². The quantitative estimate of drug-likeness (QED) is 0.242. The van der Waals surface area contributed by atoms with Crippen LogP contribution in [0.3, 0.4) is 0 Å². The summed E-state index contributed by atoms with van der Waals surface area (Å²) in [5.41, 5.74) is 11.8. The number of nitrogens with one attached hydrogen (secondary N) is 1. The van der Waals surface area contributed by atoms with Crippen molar-refractivity contribution in [3.05, 3.63) is 29.8 Å². The molecule has 0 aromatic heterocycles. The van der Waals surface area contributed by atoms with Crippen molar-refractivity contribution in [1.82, 2.24) is 24.9 Å². The zero-order valence-electron chi connectivity index (χ0n) is 27.8. The Labute approximate surface area is 276 Å². The van der Waals surface area contributed by atoms with Gasteiger partial charge in [0.15, 0.2) is 5.96 Å². The number of rotatable bonds is 5. The topological polar surface area (TPSA) is 185 Å². The van der Waals surface area contributed by atoms with Crippen LogP contribution in [0.2, 0.25) is 0 Å². The van der Waals surface area contributed by atoms with Gasteiger partial charge in [-0.25, -0.2) is 24.2 Å². The fourth-order valence-electron chi connectivity index (χ4n) is 5.79. The molecule has 0 spiro atoms. The van der Waals surface area contributed by atoms with E-state index in [2.05, 4.69) is 10.3 Å². The van der Waals surface area contributed by atoms with E-state index in [9.17, 15) is 19.2 Å². The van der Waals surface area contributed by atoms with Gasteiger partial charge in [-0.15, -0.1) is 0 Å². The number of amides is 5. The van der Waals surface area contributed by atoms with Gasteiger partial charge in [0.2, 0.25) is 0 Å². The lowest BCUT2D eigenvalue weighted by Crippen LogP contribution is -2.53. The number of guanidine groups is 1. The van der Waals surface area contributed by atoms with Gasteiger partial charge in [-0.1, -0.05) is 18.2 Å².